The van der Waals surface area contributed by atoms with Crippen molar-refractivity contribution in [3.8, 4) is 5.88 Å². The number of hydrazone groups is 1. The normalized spacial score (nSPS) is 15.7. The van der Waals surface area contributed by atoms with E-state index < -0.39 is 17.7 Å². The molecule has 0 spiro atoms. The van der Waals surface area contributed by atoms with Crippen molar-refractivity contribution in [2.45, 2.75) is 25.3 Å². The number of fused-ring (bicyclic) bond motifs is 1. The molecule has 0 radical (unpaired) electrons. The van der Waals surface area contributed by atoms with Crippen LogP contribution in [0.5, 0.6) is 5.88 Å². The molecular formula is C20H18F2N6O2. The highest BCUT2D eigenvalue weighted by atomic mass is 19.1. The van der Waals surface area contributed by atoms with Crippen molar-refractivity contribution in [1.82, 2.24) is 24.6 Å². The van der Waals surface area contributed by atoms with Gasteiger partial charge in [-0.3, -0.25) is 4.79 Å². The van der Waals surface area contributed by atoms with Crippen molar-refractivity contribution >= 4 is 17.8 Å². The lowest BCUT2D eigenvalue weighted by Crippen LogP contribution is -2.27. The van der Waals surface area contributed by atoms with E-state index in [0.29, 0.717) is 35.5 Å². The Labute approximate surface area is 170 Å². The van der Waals surface area contributed by atoms with Crippen LogP contribution in [0.2, 0.25) is 0 Å². The molecule has 1 aromatic carbocycles. The first-order chi connectivity index (χ1) is 14.5. The number of aromatic nitrogens is 4. The third-order valence-electron chi connectivity index (χ3n) is 4.61. The van der Waals surface area contributed by atoms with Crippen LogP contribution in [-0.2, 0) is 4.79 Å². The fourth-order valence-electron chi connectivity index (χ4n) is 3.13. The molecule has 0 fully saturated rings. The Morgan fingerprint density at radius 3 is 2.80 bits per heavy atom. The molecule has 0 aliphatic carbocycles. The predicted molar refractivity (Wildman–Crippen MR) is 104 cm³/mol. The second-order valence-electron chi connectivity index (χ2n) is 6.82. The molecule has 1 atom stereocenters. The number of carbonyl (C=O) groups is 1. The molecule has 0 bridgehead atoms. The number of halogens is 2. The Balaban J connectivity index is 1.30. The number of hydrogen-bond acceptors (Lipinski definition) is 6. The third kappa shape index (κ3) is 4.32. The molecule has 3 aromatic rings. The molecule has 1 unspecified atom stereocenters. The highest BCUT2D eigenvalue weighted by Gasteiger charge is 2.28. The van der Waals surface area contributed by atoms with Crippen molar-refractivity contribution in [1.29, 1.82) is 0 Å². The Morgan fingerprint density at radius 1 is 1.20 bits per heavy atom. The van der Waals surface area contributed by atoms with E-state index in [4.69, 9.17) is 4.74 Å². The number of hydrogen-bond donors (Lipinski definition) is 0. The summed E-state index contributed by atoms with van der Waals surface area (Å²) in [5.74, 6) is -1.28. The minimum atomic E-state index is -0.687. The van der Waals surface area contributed by atoms with Gasteiger partial charge in [-0.05, 0) is 29.7 Å². The van der Waals surface area contributed by atoms with Gasteiger partial charge in [-0.15, -0.1) is 0 Å². The first kappa shape index (κ1) is 19.6. The van der Waals surface area contributed by atoms with Crippen molar-refractivity contribution < 1.29 is 18.3 Å². The summed E-state index contributed by atoms with van der Waals surface area (Å²) in [5.41, 5.74) is 1.67. The van der Waals surface area contributed by atoms with Gasteiger partial charge in [-0.2, -0.15) is 10.2 Å². The zero-order chi connectivity index (χ0) is 21.1. The number of nitrogens with zero attached hydrogens (tertiary/aromatic N) is 6. The maximum absolute atomic E-state index is 13.5. The maximum atomic E-state index is 13.5. The standard InChI is InChI=1S/C20H18F2N6O2/c1-13(11-30-19-10-27-18(9-23-19)24-12-26-27)2-3-20(29)28-17(4-5-25-28)14-6-15(21)8-16(22)7-14/h5-10,12,17H,1-4,11H2. The fraction of sp³-hybridized carbons (Fsp3) is 0.250. The van der Waals surface area contributed by atoms with Crippen LogP contribution in [0.15, 0.2) is 54.2 Å². The molecular weight excluding hydrogens is 394 g/mol. The third-order valence-corrected chi connectivity index (χ3v) is 4.61. The van der Waals surface area contributed by atoms with E-state index in [-0.39, 0.29) is 18.9 Å². The Hall–Kier alpha value is -3.69. The van der Waals surface area contributed by atoms with E-state index in [1.54, 1.807) is 12.4 Å². The van der Waals surface area contributed by atoms with Crippen molar-refractivity contribution in [3.63, 3.8) is 0 Å². The van der Waals surface area contributed by atoms with Gasteiger partial charge in [0.1, 0.15) is 24.6 Å². The van der Waals surface area contributed by atoms with Gasteiger partial charge >= 0.3 is 0 Å². The highest BCUT2D eigenvalue weighted by Crippen LogP contribution is 2.30. The van der Waals surface area contributed by atoms with Crippen LogP contribution < -0.4 is 4.74 Å². The van der Waals surface area contributed by atoms with E-state index in [0.717, 1.165) is 6.07 Å². The minimum absolute atomic E-state index is 0.142. The average Bonchev–Trinajstić information content (AvgIpc) is 3.38. The van der Waals surface area contributed by atoms with E-state index in [1.807, 2.05) is 0 Å². The quantitative estimate of drug-likeness (QED) is 0.557. The number of amides is 1. The summed E-state index contributed by atoms with van der Waals surface area (Å²) >= 11 is 0. The molecule has 0 N–H and O–H groups in total. The molecule has 8 nitrogen and oxygen atoms in total. The maximum Gasteiger partial charge on any atom is 0.243 e. The molecule has 2 aromatic heterocycles. The molecule has 1 amide bonds. The number of ether oxygens (including phenoxy) is 1. The molecule has 30 heavy (non-hydrogen) atoms. The molecule has 10 heteroatoms. The van der Waals surface area contributed by atoms with E-state index in [9.17, 15) is 13.6 Å². The van der Waals surface area contributed by atoms with E-state index >= 15 is 0 Å². The molecule has 0 saturated heterocycles. The molecule has 1 aliphatic heterocycles. The van der Waals surface area contributed by atoms with Gasteiger partial charge in [-0.1, -0.05) is 6.58 Å². The largest absolute Gasteiger partial charge is 0.472 e. The number of benzene rings is 1. The molecule has 154 valence electrons. The molecule has 1 aliphatic rings. The molecule has 0 saturated carbocycles. The Morgan fingerprint density at radius 2 is 2.00 bits per heavy atom. The fourth-order valence-corrected chi connectivity index (χ4v) is 3.13. The first-order valence-electron chi connectivity index (χ1n) is 9.25. The van der Waals surface area contributed by atoms with Crippen LogP contribution >= 0.6 is 0 Å². The summed E-state index contributed by atoms with van der Waals surface area (Å²) in [7, 11) is 0. The lowest BCUT2D eigenvalue weighted by molar-refractivity contribution is -0.133. The van der Waals surface area contributed by atoms with Crippen molar-refractivity contribution in [2.75, 3.05) is 6.61 Å². The van der Waals surface area contributed by atoms with Crippen molar-refractivity contribution in [3.05, 3.63) is 66.3 Å². The summed E-state index contributed by atoms with van der Waals surface area (Å²) in [6.07, 6.45) is 7.03. The van der Waals surface area contributed by atoms with Crippen LogP contribution in [0.4, 0.5) is 8.78 Å². The van der Waals surface area contributed by atoms with Crippen LogP contribution in [-0.4, -0.2) is 43.3 Å². The van der Waals surface area contributed by atoms with E-state index in [2.05, 4.69) is 26.7 Å². The summed E-state index contributed by atoms with van der Waals surface area (Å²) in [4.78, 5) is 20.7. The lowest BCUT2D eigenvalue weighted by atomic mass is 10.0. The average molecular weight is 412 g/mol. The number of rotatable bonds is 7. The smallest absolute Gasteiger partial charge is 0.243 e. The molecule has 3 heterocycles. The Kier molecular flexibility index (Phi) is 5.46. The van der Waals surface area contributed by atoms with Gasteiger partial charge in [0, 0.05) is 25.1 Å². The highest BCUT2D eigenvalue weighted by molar-refractivity contribution is 5.80. The lowest BCUT2D eigenvalue weighted by Gasteiger charge is -2.22. The first-order valence-corrected chi connectivity index (χ1v) is 9.25. The van der Waals surface area contributed by atoms with Crippen LogP contribution in [0.3, 0.4) is 0 Å². The Bertz CT molecular complexity index is 1110. The topological polar surface area (TPSA) is 85.0 Å². The minimum Gasteiger partial charge on any atom is -0.472 e. The van der Waals surface area contributed by atoms with E-state index in [1.165, 1.54) is 34.2 Å². The number of carbonyl (C=O) groups excluding carboxylic acids is 1. The molecule has 4 rings (SSSR count). The van der Waals surface area contributed by atoms with Gasteiger partial charge in [-0.25, -0.2) is 28.3 Å². The second kappa shape index (κ2) is 8.36. The zero-order valence-corrected chi connectivity index (χ0v) is 15.9. The van der Waals surface area contributed by atoms with Crippen LogP contribution in [0.25, 0.3) is 5.65 Å². The van der Waals surface area contributed by atoms with Crippen molar-refractivity contribution in [2.24, 2.45) is 5.10 Å². The van der Waals surface area contributed by atoms with Crippen LogP contribution in [0, 0.1) is 11.6 Å². The zero-order valence-electron chi connectivity index (χ0n) is 15.9. The van der Waals surface area contributed by atoms with Gasteiger partial charge < -0.3 is 4.74 Å². The SMILES string of the molecule is C=C(CCC(=O)N1N=CCC1c1cc(F)cc(F)c1)COc1cn2ncnc2cn1. The van der Waals surface area contributed by atoms with Gasteiger partial charge in [0.2, 0.25) is 11.8 Å². The summed E-state index contributed by atoms with van der Waals surface area (Å²) in [6.45, 7) is 4.11. The van der Waals surface area contributed by atoms with Gasteiger partial charge in [0.15, 0.2) is 5.65 Å². The monoisotopic (exact) mass is 412 g/mol. The summed E-state index contributed by atoms with van der Waals surface area (Å²) in [5, 5.41) is 9.35. The summed E-state index contributed by atoms with van der Waals surface area (Å²) in [6, 6.07) is 2.71. The van der Waals surface area contributed by atoms with Gasteiger partial charge in [0.05, 0.1) is 18.4 Å². The van der Waals surface area contributed by atoms with Crippen LogP contribution in [0.1, 0.15) is 30.9 Å². The predicted octanol–water partition coefficient (Wildman–Crippen LogP) is 3.08. The van der Waals surface area contributed by atoms with Gasteiger partial charge in [0.25, 0.3) is 0 Å². The second-order valence-corrected chi connectivity index (χ2v) is 6.82. The summed E-state index contributed by atoms with van der Waals surface area (Å²) < 4.78 is 34.2.